The first kappa shape index (κ1) is 13.6. The van der Waals surface area contributed by atoms with E-state index in [1.54, 1.807) is 7.11 Å². The van der Waals surface area contributed by atoms with E-state index in [0.717, 1.165) is 29.2 Å². The van der Waals surface area contributed by atoms with Crippen molar-refractivity contribution in [2.24, 2.45) is 0 Å². The summed E-state index contributed by atoms with van der Waals surface area (Å²) in [5.74, 6) is 0.717. The minimum Gasteiger partial charge on any atom is -0.481 e. The molecule has 0 unspecified atom stereocenters. The van der Waals surface area contributed by atoms with Crippen LogP contribution in [0, 0.1) is 6.92 Å². The van der Waals surface area contributed by atoms with Crippen molar-refractivity contribution in [2.45, 2.75) is 26.7 Å². The van der Waals surface area contributed by atoms with Gasteiger partial charge < -0.3 is 9.84 Å². The van der Waals surface area contributed by atoms with E-state index >= 15 is 0 Å². The van der Waals surface area contributed by atoms with E-state index in [1.165, 1.54) is 5.56 Å². The van der Waals surface area contributed by atoms with Crippen LogP contribution in [0.5, 0.6) is 5.88 Å². The van der Waals surface area contributed by atoms with E-state index in [1.807, 2.05) is 28.9 Å². The third-order valence-corrected chi connectivity index (χ3v) is 3.19. The number of aliphatic hydroxyl groups excluding tert-OH is 1. The van der Waals surface area contributed by atoms with Crippen LogP contribution in [0.15, 0.2) is 24.3 Å². The number of aliphatic hydroxyl groups is 1. The number of benzene rings is 1. The molecule has 0 saturated heterocycles. The van der Waals surface area contributed by atoms with Crippen molar-refractivity contribution in [1.29, 1.82) is 0 Å². The van der Waals surface area contributed by atoms with Gasteiger partial charge in [0.25, 0.3) is 0 Å². The van der Waals surface area contributed by atoms with Crippen molar-refractivity contribution in [2.75, 3.05) is 13.7 Å². The third-order valence-electron chi connectivity index (χ3n) is 3.19. The molecule has 1 heterocycles. The SMILES string of the molecule is CCc1nn(-c2ccc(C)cc2)c(OC)c1CCO. The Kier molecular flexibility index (Phi) is 4.22. The number of methoxy groups -OCH3 is 1. The average Bonchev–Trinajstić information content (AvgIpc) is 2.78. The van der Waals surface area contributed by atoms with Crippen LogP contribution in [0.1, 0.15) is 23.7 Å². The molecule has 102 valence electrons. The van der Waals surface area contributed by atoms with E-state index in [9.17, 15) is 5.11 Å². The Hall–Kier alpha value is -1.81. The fraction of sp³-hybridized carbons (Fsp3) is 0.400. The quantitative estimate of drug-likeness (QED) is 0.897. The molecule has 2 rings (SSSR count). The van der Waals surface area contributed by atoms with Gasteiger partial charge >= 0.3 is 0 Å². The number of hydrogen-bond acceptors (Lipinski definition) is 3. The summed E-state index contributed by atoms with van der Waals surface area (Å²) in [4.78, 5) is 0. The fourth-order valence-electron chi connectivity index (χ4n) is 2.20. The van der Waals surface area contributed by atoms with Crippen molar-refractivity contribution in [1.82, 2.24) is 9.78 Å². The van der Waals surface area contributed by atoms with Gasteiger partial charge in [-0.15, -0.1) is 0 Å². The van der Waals surface area contributed by atoms with Crippen LogP contribution in [-0.2, 0) is 12.8 Å². The van der Waals surface area contributed by atoms with Crippen LogP contribution in [0.3, 0.4) is 0 Å². The molecule has 4 nitrogen and oxygen atoms in total. The van der Waals surface area contributed by atoms with E-state index < -0.39 is 0 Å². The standard InChI is InChI=1S/C15H20N2O2/c1-4-14-13(9-10-18)15(19-3)17(16-14)12-7-5-11(2)6-8-12/h5-8,18H,4,9-10H2,1-3H3. The predicted octanol–water partition coefficient (Wildman–Crippen LogP) is 2.29. The van der Waals surface area contributed by atoms with Crippen LogP contribution in [0.25, 0.3) is 5.69 Å². The second-order valence-corrected chi connectivity index (χ2v) is 4.51. The molecule has 1 aromatic heterocycles. The molecular weight excluding hydrogens is 240 g/mol. The molecule has 0 spiro atoms. The fourth-order valence-corrected chi connectivity index (χ4v) is 2.20. The summed E-state index contributed by atoms with van der Waals surface area (Å²) in [7, 11) is 1.64. The van der Waals surface area contributed by atoms with Crippen molar-refractivity contribution in [3.63, 3.8) is 0 Å². The number of ether oxygens (including phenoxy) is 1. The topological polar surface area (TPSA) is 47.3 Å². The normalized spacial score (nSPS) is 10.7. The summed E-state index contributed by atoms with van der Waals surface area (Å²) >= 11 is 0. The zero-order valence-corrected chi connectivity index (χ0v) is 11.7. The molecule has 1 aromatic carbocycles. The summed E-state index contributed by atoms with van der Waals surface area (Å²) in [5.41, 5.74) is 4.15. The van der Waals surface area contributed by atoms with Crippen LogP contribution in [0.4, 0.5) is 0 Å². The largest absolute Gasteiger partial charge is 0.481 e. The first-order valence-corrected chi connectivity index (χ1v) is 6.54. The predicted molar refractivity (Wildman–Crippen MR) is 75.0 cm³/mol. The van der Waals surface area contributed by atoms with Crippen LogP contribution in [0.2, 0.25) is 0 Å². The second-order valence-electron chi connectivity index (χ2n) is 4.51. The van der Waals surface area contributed by atoms with E-state index in [0.29, 0.717) is 6.42 Å². The monoisotopic (exact) mass is 260 g/mol. The highest BCUT2D eigenvalue weighted by atomic mass is 16.5. The molecule has 0 bridgehead atoms. The molecule has 0 aliphatic rings. The third kappa shape index (κ3) is 2.63. The molecule has 4 heteroatoms. The summed E-state index contributed by atoms with van der Waals surface area (Å²) in [6, 6.07) is 8.14. The highest BCUT2D eigenvalue weighted by molar-refractivity contribution is 5.42. The Morgan fingerprint density at radius 1 is 1.26 bits per heavy atom. The second kappa shape index (κ2) is 5.89. The Labute approximate surface area is 113 Å². The highest BCUT2D eigenvalue weighted by Gasteiger charge is 2.17. The Bertz CT molecular complexity index is 544. The summed E-state index contributed by atoms with van der Waals surface area (Å²) in [5, 5.41) is 13.8. The van der Waals surface area contributed by atoms with Gasteiger partial charge in [0.2, 0.25) is 5.88 Å². The average molecular weight is 260 g/mol. The number of aromatic nitrogens is 2. The maximum atomic E-state index is 9.18. The molecule has 1 N–H and O–H groups in total. The molecule has 0 amide bonds. The minimum atomic E-state index is 0.100. The molecular formula is C15H20N2O2. The van der Waals surface area contributed by atoms with Gasteiger partial charge in [-0.1, -0.05) is 24.6 Å². The zero-order valence-electron chi connectivity index (χ0n) is 11.7. The maximum Gasteiger partial charge on any atom is 0.220 e. The lowest BCUT2D eigenvalue weighted by Crippen LogP contribution is -2.01. The summed E-state index contributed by atoms with van der Waals surface area (Å²) in [6.07, 6.45) is 1.39. The molecule has 2 aromatic rings. The Morgan fingerprint density at radius 2 is 1.95 bits per heavy atom. The van der Waals surface area contributed by atoms with Crippen molar-refractivity contribution in [3.8, 4) is 11.6 Å². The van der Waals surface area contributed by atoms with Gasteiger partial charge in [-0.25, -0.2) is 4.68 Å². The van der Waals surface area contributed by atoms with E-state index in [2.05, 4.69) is 18.9 Å². The van der Waals surface area contributed by atoms with Gasteiger partial charge in [0.15, 0.2) is 0 Å². The number of aryl methyl sites for hydroxylation is 2. The number of hydrogen-bond donors (Lipinski definition) is 1. The van der Waals surface area contributed by atoms with Gasteiger partial charge in [-0.3, -0.25) is 0 Å². The molecule has 0 atom stereocenters. The van der Waals surface area contributed by atoms with Crippen molar-refractivity contribution < 1.29 is 9.84 Å². The lowest BCUT2D eigenvalue weighted by Gasteiger charge is -2.08. The van der Waals surface area contributed by atoms with Gasteiger partial charge in [-0.2, -0.15) is 5.10 Å². The molecule has 0 saturated carbocycles. The number of rotatable bonds is 5. The van der Waals surface area contributed by atoms with E-state index in [-0.39, 0.29) is 6.61 Å². The van der Waals surface area contributed by atoms with Gasteiger partial charge in [0, 0.05) is 18.6 Å². The van der Waals surface area contributed by atoms with Crippen LogP contribution < -0.4 is 4.74 Å². The molecule has 19 heavy (non-hydrogen) atoms. The van der Waals surface area contributed by atoms with Crippen molar-refractivity contribution in [3.05, 3.63) is 41.1 Å². The van der Waals surface area contributed by atoms with E-state index in [4.69, 9.17) is 4.74 Å². The molecule has 0 aliphatic heterocycles. The highest BCUT2D eigenvalue weighted by Crippen LogP contribution is 2.27. The number of nitrogens with zero attached hydrogens (tertiary/aromatic N) is 2. The Morgan fingerprint density at radius 3 is 2.47 bits per heavy atom. The van der Waals surface area contributed by atoms with Crippen molar-refractivity contribution >= 4 is 0 Å². The van der Waals surface area contributed by atoms with Crippen LogP contribution in [-0.4, -0.2) is 28.6 Å². The maximum absolute atomic E-state index is 9.18. The lowest BCUT2D eigenvalue weighted by atomic mass is 10.1. The molecule has 0 fully saturated rings. The molecule has 0 aliphatic carbocycles. The first-order valence-electron chi connectivity index (χ1n) is 6.54. The first-order chi connectivity index (χ1) is 9.21. The summed E-state index contributed by atoms with van der Waals surface area (Å²) in [6.45, 7) is 4.21. The lowest BCUT2D eigenvalue weighted by molar-refractivity contribution is 0.295. The van der Waals surface area contributed by atoms with Gasteiger partial charge in [0.05, 0.1) is 18.5 Å². The minimum absolute atomic E-state index is 0.100. The molecule has 0 radical (unpaired) electrons. The van der Waals surface area contributed by atoms with Gasteiger partial charge in [0.1, 0.15) is 0 Å². The summed E-state index contributed by atoms with van der Waals surface area (Å²) < 4.78 is 7.29. The smallest absolute Gasteiger partial charge is 0.220 e. The Balaban J connectivity index is 2.53. The zero-order chi connectivity index (χ0) is 13.8. The van der Waals surface area contributed by atoms with Gasteiger partial charge in [-0.05, 0) is 25.5 Å². The van der Waals surface area contributed by atoms with Crippen LogP contribution >= 0.6 is 0 Å².